The Kier molecular flexibility index (Phi) is 5.31. The fourth-order valence-electron chi connectivity index (χ4n) is 2.49. The molecule has 0 spiro atoms. The summed E-state index contributed by atoms with van der Waals surface area (Å²) in [5.41, 5.74) is 2.08. The van der Waals surface area contributed by atoms with E-state index >= 15 is 0 Å². The van der Waals surface area contributed by atoms with Gasteiger partial charge in [-0.05, 0) is 43.2 Å². The van der Waals surface area contributed by atoms with E-state index in [-0.39, 0.29) is 12.2 Å². The van der Waals surface area contributed by atoms with Gasteiger partial charge in [-0.1, -0.05) is 19.1 Å². The largest absolute Gasteiger partial charge is 0.494 e. The van der Waals surface area contributed by atoms with Crippen LogP contribution in [0, 0.1) is 6.92 Å². The lowest BCUT2D eigenvalue weighted by Crippen LogP contribution is -2.17. The highest BCUT2D eigenvalue weighted by atomic mass is 16.5. The van der Waals surface area contributed by atoms with Crippen LogP contribution in [-0.4, -0.2) is 22.0 Å². The van der Waals surface area contributed by atoms with Gasteiger partial charge in [0.2, 0.25) is 0 Å². The zero-order chi connectivity index (χ0) is 18.5. The lowest BCUT2D eigenvalue weighted by molar-refractivity contribution is 0.0467. The second-order valence-electron chi connectivity index (χ2n) is 5.97. The molecule has 26 heavy (non-hydrogen) atoms. The number of esters is 1. The number of aryl methyl sites for hydroxylation is 1. The second kappa shape index (κ2) is 7.82. The molecule has 0 N–H and O–H groups in total. The monoisotopic (exact) mass is 352 g/mol. The SMILES string of the molecule is CCCOc1cccc(C(=O)OCc2cc(=O)n3cc(C)ccc3n2)c1. The fourth-order valence-corrected chi connectivity index (χ4v) is 2.49. The second-order valence-corrected chi connectivity index (χ2v) is 5.97. The van der Waals surface area contributed by atoms with Crippen molar-refractivity contribution >= 4 is 11.6 Å². The molecule has 2 aromatic heterocycles. The van der Waals surface area contributed by atoms with Gasteiger partial charge in [0.05, 0.1) is 17.9 Å². The van der Waals surface area contributed by atoms with E-state index in [4.69, 9.17) is 9.47 Å². The van der Waals surface area contributed by atoms with Gasteiger partial charge in [-0.25, -0.2) is 9.78 Å². The summed E-state index contributed by atoms with van der Waals surface area (Å²) in [7, 11) is 0. The normalized spacial score (nSPS) is 10.7. The maximum Gasteiger partial charge on any atom is 0.338 e. The van der Waals surface area contributed by atoms with Crippen molar-refractivity contribution in [3.63, 3.8) is 0 Å². The average molecular weight is 352 g/mol. The van der Waals surface area contributed by atoms with Gasteiger partial charge in [0.1, 0.15) is 18.0 Å². The third kappa shape index (κ3) is 4.08. The highest BCUT2D eigenvalue weighted by Gasteiger charge is 2.10. The summed E-state index contributed by atoms with van der Waals surface area (Å²) >= 11 is 0. The Morgan fingerprint density at radius 2 is 2.04 bits per heavy atom. The van der Waals surface area contributed by atoms with E-state index < -0.39 is 5.97 Å². The molecule has 134 valence electrons. The van der Waals surface area contributed by atoms with E-state index in [1.54, 1.807) is 36.5 Å². The molecule has 0 bridgehead atoms. The zero-order valence-electron chi connectivity index (χ0n) is 14.8. The Hall–Kier alpha value is -3.15. The van der Waals surface area contributed by atoms with Crippen molar-refractivity contribution in [2.24, 2.45) is 0 Å². The predicted molar refractivity (Wildman–Crippen MR) is 97.5 cm³/mol. The van der Waals surface area contributed by atoms with Crippen LogP contribution in [0.25, 0.3) is 5.65 Å². The molecule has 3 rings (SSSR count). The summed E-state index contributed by atoms with van der Waals surface area (Å²) in [4.78, 5) is 28.8. The number of hydrogen-bond donors (Lipinski definition) is 0. The Balaban J connectivity index is 1.72. The molecular formula is C20H20N2O4. The van der Waals surface area contributed by atoms with E-state index in [9.17, 15) is 9.59 Å². The Morgan fingerprint density at radius 3 is 2.85 bits per heavy atom. The third-order valence-corrected chi connectivity index (χ3v) is 3.75. The molecule has 0 fully saturated rings. The maximum absolute atomic E-state index is 12.2. The van der Waals surface area contributed by atoms with Crippen LogP contribution >= 0.6 is 0 Å². The molecule has 0 saturated heterocycles. The van der Waals surface area contributed by atoms with Crippen LogP contribution in [0.2, 0.25) is 0 Å². The van der Waals surface area contributed by atoms with Crippen molar-refractivity contribution in [1.29, 1.82) is 0 Å². The third-order valence-electron chi connectivity index (χ3n) is 3.75. The van der Waals surface area contributed by atoms with Crippen LogP contribution in [0.4, 0.5) is 0 Å². The molecule has 0 amide bonds. The Labute approximate surface area is 151 Å². The van der Waals surface area contributed by atoms with Crippen LogP contribution < -0.4 is 10.3 Å². The van der Waals surface area contributed by atoms with Crippen LogP contribution in [0.3, 0.4) is 0 Å². The van der Waals surface area contributed by atoms with Gasteiger partial charge in [-0.3, -0.25) is 9.20 Å². The molecule has 2 heterocycles. The molecule has 0 aliphatic rings. The highest BCUT2D eigenvalue weighted by Crippen LogP contribution is 2.15. The Morgan fingerprint density at radius 1 is 1.19 bits per heavy atom. The van der Waals surface area contributed by atoms with Crippen molar-refractivity contribution in [2.75, 3.05) is 6.61 Å². The van der Waals surface area contributed by atoms with E-state index in [2.05, 4.69) is 4.98 Å². The number of hydrogen-bond acceptors (Lipinski definition) is 5. The number of ether oxygens (including phenoxy) is 2. The summed E-state index contributed by atoms with van der Waals surface area (Å²) in [5.74, 6) is 0.136. The zero-order valence-corrected chi connectivity index (χ0v) is 14.8. The number of carbonyl (C=O) groups is 1. The molecule has 6 heteroatoms. The first-order chi connectivity index (χ1) is 12.6. The number of fused-ring (bicyclic) bond motifs is 1. The number of carbonyl (C=O) groups excluding carboxylic acids is 1. The Bertz CT molecular complexity index is 995. The topological polar surface area (TPSA) is 69.9 Å². The molecule has 0 aliphatic carbocycles. The van der Waals surface area contributed by atoms with Gasteiger partial charge >= 0.3 is 5.97 Å². The van der Waals surface area contributed by atoms with Gasteiger partial charge in [0, 0.05) is 12.3 Å². The van der Waals surface area contributed by atoms with Crippen molar-refractivity contribution in [2.45, 2.75) is 26.9 Å². The molecule has 1 aromatic carbocycles. The summed E-state index contributed by atoms with van der Waals surface area (Å²) in [5, 5.41) is 0. The van der Waals surface area contributed by atoms with Crippen LogP contribution in [-0.2, 0) is 11.3 Å². The standard InChI is InChI=1S/C20H20N2O4/c1-3-9-25-17-6-4-5-15(10-17)20(24)26-13-16-11-19(23)22-12-14(2)7-8-18(22)21-16/h4-8,10-12H,3,9,13H2,1-2H3. The minimum atomic E-state index is -0.488. The maximum atomic E-state index is 12.2. The number of nitrogens with zero attached hydrogens (tertiary/aromatic N) is 2. The first-order valence-electron chi connectivity index (χ1n) is 8.46. The van der Waals surface area contributed by atoms with E-state index in [1.165, 1.54) is 10.5 Å². The number of aromatic nitrogens is 2. The van der Waals surface area contributed by atoms with Gasteiger partial charge in [0.15, 0.2) is 0 Å². The van der Waals surface area contributed by atoms with Crippen molar-refractivity contribution in [3.8, 4) is 5.75 Å². The quantitative estimate of drug-likeness (QED) is 0.638. The molecule has 0 aliphatic heterocycles. The van der Waals surface area contributed by atoms with Gasteiger partial charge in [-0.15, -0.1) is 0 Å². The summed E-state index contributed by atoms with van der Waals surface area (Å²) in [6, 6.07) is 11.8. The predicted octanol–water partition coefficient (Wildman–Crippen LogP) is 3.15. The molecule has 0 unspecified atom stereocenters. The lowest BCUT2D eigenvalue weighted by atomic mass is 10.2. The van der Waals surface area contributed by atoms with E-state index in [0.29, 0.717) is 29.3 Å². The van der Waals surface area contributed by atoms with Crippen molar-refractivity contribution < 1.29 is 14.3 Å². The van der Waals surface area contributed by atoms with Gasteiger partial charge < -0.3 is 9.47 Å². The molecule has 0 radical (unpaired) electrons. The van der Waals surface area contributed by atoms with E-state index in [1.807, 2.05) is 19.9 Å². The number of rotatable bonds is 6. The summed E-state index contributed by atoms with van der Waals surface area (Å²) < 4.78 is 12.3. The van der Waals surface area contributed by atoms with Crippen molar-refractivity contribution in [3.05, 3.63) is 75.8 Å². The van der Waals surface area contributed by atoms with Crippen LogP contribution in [0.5, 0.6) is 5.75 Å². The van der Waals surface area contributed by atoms with Crippen LogP contribution in [0.15, 0.2) is 53.5 Å². The van der Waals surface area contributed by atoms with Gasteiger partial charge in [-0.2, -0.15) is 0 Å². The minimum Gasteiger partial charge on any atom is -0.494 e. The minimum absolute atomic E-state index is 0.0709. The first kappa shape index (κ1) is 17.7. The van der Waals surface area contributed by atoms with E-state index in [0.717, 1.165) is 12.0 Å². The number of benzene rings is 1. The molecule has 6 nitrogen and oxygen atoms in total. The summed E-state index contributed by atoms with van der Waals surface area (Å²) in [6.45, 7) is 4.43. The van der Waals surface area contributed by atoms with Crippen molar-refractivity contribution in [1.82, 2.24) is 9.38 Å². The fraction of sp³-hybridized carbons (Fsp3) is 0.250. The average Bonchev–Trinajstić information content (AvgIpc) is 2.65. The van der Waals surface area contributed by atoms with Crippen LogP contribution in [0.1, 0.15) is 35.0 Å². The lowest BCUT2D eigenvalue weighted by Gasteiger charge is -2.08. The first-order valence-corrected chi connectivity index (χ1v) is 8.46. The molecule has 0 atom stereocenters. The molecule has 0 saturated carbocycles. The molecule has 3 aromatic rings. The van der Waals surface area contributed by atoms with Gasteiger partial charge in [0.25, 0.3) is 5.56 Å². The smallest absolute Gasteiger partial charge is 0.338 e. The highest BCUT2D eigenvalue weighted by molar-refractivity contribution is 5.89. The molecular weight excluding hydrogens is 332 g/mol. The number of pyridine rings is 1. The summed E-state index contributed by atoms with van der Waals surface area (Å²) in [6.07, 6.45) is 2.61.